The van der Waals surface area contributed by atoms with E-state index in [1.807, 2.05) is 0 Å². The summed E-state index contributed by atoms with van der Waals surface area (Å²) in [5, 5.41) is 0. The molecule has 0 N–H and O–H groups in total. The molecule has 2 aromatic heterocycles. The first-order chi connectivity index (χ1) is 16.8. The van der Waals surface area contributed by atoms with Crippen molar-refractivity contribution < 1.29 is 9.13 Å². The Hall–Kier alpha value is -1.58. The van der Waals surface area contributed by atoms with E-state index in [0.29, 0.717) is 0 Å². The van der Waals surface area contributed by atoms with Gasteiger partial charge in [0.1, 0.15) is 24.8 Å². The fourth-order valence-corrected chi connectivity index (χ4v) is 4.85. The van der Waals surface area contributed by atoms with Gasteiger partial charge in [-0.2, -0.15) is 0 Å². The van der Waals surface area contributed by atoms with E-state index >= 15 is 0 Å². The maximum Gasteiger partial charge on any atom is 0.243 e. The molecule has 194 valence electrons. The third-order valence-corrected chi connectivity index (χ3v) is 7.11. The first-order valence-corrected chi connectivity index (χ1v) is 14.9. The molecule has 4 nitrogen and oxygen atoms in total. The van der Waals surface area contributed by atoms with E-state index in [0.717, 1.165) is 13.1 Å². The molecule has 0 spiro atoms. The maximum atomic E-state index is 2.37. The van der Waals surface area contributed by atoms with Gasteiger partial charge in [0.05, 0.1) is 26.2 Å². The van der Waals surface area contributed by atoms with Gasteiger partial charge in [0.25, 0.3) is 0 Å². The van der Waals surface area contributed by atoms with E-state index in [1.165, 1.54) is 129 Å². The zero-order valence-corrected chi connectivity index (χ0v) is 22.8. The van der Waals surface area contributed by atoms with Gasteiger partial charge < -0.3 is 0 Å². The number of hydrogen-bond donors (Lipinski definition) is 0. The zero-order valence-electron chi connectivity index (χ0n) is 22.8. The largest absolute Gasteiger partial charge is 0.243 e. The Bertz CT molecular complexity index is 642. The Labute approximate surface area is 211 Å². The quantitative estimate of drug-likeness (QED) is 0.117. The van der Waals surface area contributed by atoms with Gasteiger partial charge in [-0.15, -0.1) is 0 Å². The average Bonchev–Trinajstić information content (AvgIpc) is 3.49. The summed E-state index contributed by atoms with van der Waals surface area (Å²) in [7, 11) is 0. The van der Waals surface area contributed by atoms with Gasteiger partial charge in [-0.3, -0.25) is 0 Å². The molecule has 34 heavy (non-hydrogen) atoms. The summed E-state index contributed by atoms with van der Waals surface area (Å²) in [6.45, 7) is 9.25. The van der Waals surface area contributed by atoms with Gasteiger partial charge in [0, 0.05) is 0 Å². The first-order valence-electron chi connectivity index (χ1n) is 14.9. The van der Waals surface area contributed by atoms with Crippen LogP contribution in [0.3, 0.4) is 0 Å². The van der Waals surface area contributed by atoms with E-state index in [4.69, 9.17) is 0 Å². The van der Waals surface area contributed by atoms with Crippen molar-refractivity contribution in [3.05, 3.63) is 37.4 Å². The standard InChI is InChI=1S/C30H56N4/c1-3-5-7-9-11-13-17-21-31-25-27-33(29-31)23-19-15-16-20-24-34-28-26-32(30-34)22-18-14-12-10-8-6-4-2/h25-30H,3-24H2,1-2H3/q+2. The summed E-state index contributed by atoms with van der Waals surface area (Å²) in [5.41, 5.74) is 0. The van der Waals surface area contributed by atoms with Crippen LogP contribution in [-0.4, -0.2) is 9.13 Å². The summed E-state index contributed by atoms with van der Waals surface area (Å²) in [4.78, 5) is 0. The number of nitrogens with zero attached hydrogens (tertiary/aromatic N) is 4. The van der Waals surface area contributed by atoms with Gasteiger partial charge >= 0.3 is 0 Å². The van der Waals surface area contributed by atoms with Crippen LogP contribution >= 0.6 is 0 Å². The molecular formula is C30H56N4+2. The Kier molecular flexibility index (Phi) is 16.6. The third-order valence-electron chi connectivity index (χ3n) is 7.11. The second-order valence-corrected chi connectivity index (χ2v) is 10.4. The highest BCUT2D eigenvalue weighted by molar-refractivity contribution is 4.67. The number of unbranched alkanes of at least 4 members (excludes halogenated alkanes) is 15. The predicted molar refractivity (Wildman–Crippen MR) is 144 cm³/mol. The molecule has 0 aliphatic carbocycles. The summed E-state index contributed by atoms with van der Waals surface area (Å²) >= 11 is 0. The fourth-order valence-electron chi connectivity index (χ4n) is 4.85. The van der Waals surface area contributed by atoms with Crippen LogP contribution in [0.4, 0.5) is 0 Å². The molecule has 0 unspecified atom stereocenters. The van der Waals surface area contributed by atoms with E-state index in [1.54, 1.807) is 0 Å². The van der Waals surface area contributed by atoms with Crippen LogP contribution in [0.25, 0.3) is 0 Å². The van der Waals surface area contributed by atoms with Crippen molar-refractivity contribution in [1.82, 2.24) is 9.13 Å². The van der Waals surface area contributed by atoms with Crippen LogP contribution in [0.15, 0.2) is 37.4 Å². The highest BCUT2D eigenvalue weighted by atomic mass is 15.1. The number of imidazole rings is 2. The van der Waals surface area contributed by atoms with Crippen LogP contribution in [0.1, 0.15) is 129 Å². The number of rotatable bonds is 23. The molecule has 0 aliphatic heterocycles. The van der Waals surface area contributed by atoms with Gasteiger partial charge in [-0.25, -0.2) is 18.3 Å². The minimum Gasteiger partial charge on any atom is -0.237 e. The molecule has 0 aliphatic rings. The molecule has 2 heterocycles. The summed E-state index contributed by atoms with van der Waals surface area (Å²) in [5.74, 6) is 0. The SMILES string of the molecule is CCCCCCCCC[n+]1ccn(CCCCCCn2cc[n+](CCCCCCCCC)c2)c1. The Balaban J connectivity index is 1.43. The lowest BCUT2D eigenvalue weighted by atomic mass is 10.1. The summed E-state index contributed by atoms with van der Waals surface area (Å²) in [6.07, 6.45) is 38.3. The molecule has 2 aromatic rings. The monoisotopic (exact) mass is 472 g/mol. The van der Waals surface area contributed by atoms with Crippen molar-refractivity contribution in [2.75, 3.05) is 0 Å². The van der Waals surface area contributed by atoms with Crippen LogP contribution in [-0.2, 0) is 26.2 Å². The van der Waals surface area contributed by atoms with Crippen LogP contribution in [0.5, 0.6) is 0 Å². The molecule has 0 fully saturated rings. The molecule has 0 aromatic carbocycles. The van der Waals surface area contributed by atoms with Crippen molar-refractivity contribution in [2.45, 2.75) is 156 Å². The smallest absolute Gasteiger partial charge is 0.237 e. The minimum atomic E-state index is 1.16. The highest BCUT2D eigenvalue weighted by Gasteiger charge is 2.05. The zero-order chi connectivity index (χ0) is 24.1. The van der Waals surface area contributed by atoms with E-state index in [9.17, 15) is 0 Å². The van der Waals surface area contributed by atoms with E-state index < -0.39 is 0 Å². The molecule has 0 saturated heterocycles. The van der Waals surface area contributed by atoms with Crippen LogP contribution in [0, 0.1) is 0 Å². The third kappa shape index (κ3) is 14.0. The first kappa shape index (κ1) is 28.7. The molecule has 0 amide bonds. The second-order valence-electron chi connectivity index (χ2n) is 10.4. The van der Waals surface area contributed by atoms with Crippen molar-refractivity contribution in [3.63, 3.8) is 0 Å². The lowest BCUT2D eigenvalue weighted by molar-refractivity contribution is -0.697. The van der Waals surface area contributed by atoms with E-state index in [2.05, 4.69) is 69.6 Å². The van der Waals surface area contributed by atoms with Crippen molar-refractivity contribution in [1.29, 1.82) is 0 Å². The molecular weight excluding hydrogens is 416 g/mol. The van der Waals surface area contributed by atoms with Crippen LogP contribution < -0.4 is 9.13 Å². The average molecular weight is 473 g/mol. The lowest BCUT2D eigenvalue weighted by Gasteiger charge is -2.00. The van der Waals surface area contributed by atoms with Crippen LogP contribution in [0.2, 0.25) is 0 Å². The summed E-state index contributed by atoms with van der Waals surface area (Å²) in [6, 6.07) is 0. The molecule has 4 heteroatoms. The van der Waals surface area contributed by atoms with Crippen molar-refractivity contribution in [2.24, 2.45) is 0 Å². The number of aromatic nitrogens is 4. The van der Waals surface area contributed by atoms with Crippen molar-refractivity contribution in [3.8, 4) is 0 Å². The predicted octanol–water partition coefficient (Wildman–Crippen LogP) is 7.63. The van der Waals surface area contributed by atoms with E-state index in [-0.39, 0.29) is 0 Å². The van der Waals surface area contributed by atoms with Gasteiger partial charge in [-0.05, 0) is 51.4 Å². The summed E-state index contributed by atoms with van der Waals surface area (Å²) < 4.78 is 9.50. The normalized spacial score (nSPS) is 11.5. The Morgan fingerprint density at radius 2 is 0.794 bits per heavy atom. The van der Waals surface area contributed by atoms with Crippen molar-refractivity contribution >= 4 is 0 Å². The Morgan fingerprint density at radius 3 is 1.21 bits per heavy atom. The molecule has 0 bridgehead atoms. The minimum absolute atomic E-state index is 1.16. The second kappa shape index (κ2) is 19.7. The fraction of sp³-hybridized carbons (Fsp3) is 0.800. The van der Waals surface area contributed by atoms with Gasteiger partial charge in [0.15, 0.2) is 0 Å². The number of hydrogen-bond acceptors (Lipinski definition) is 0. The molecule has 0 atom stereocenters. The van der Waals surface area contributed by atoms with Gasteiger partial charge in [-0.1, -0.05) is 78.1 Å². The number of aryl methyl sites for hydroxylation is 4. The molecule has 2 rings (SSSR count). The highest BCUT2D eigenvalue weighted by Crippen LogP contribution is 2.08. The van der Waals surface area contributed by atoms with Gasteiger partial charge in [0.2, 0.25) is 12.7 Å². The lowest BCUT2D eigenvalue weighted by Crippen LogP contribution is -2.30. The molecule has 0 radical (unpaired) electrons. The maximum absolute atomic E-state index is 2.37. The topological polar surface area (TPSA) is 17.6 Å². The Morgan fingerprint density at radius 1 is 0.441 bits per heavy atom. The molecule has 0 saturated carbocycles.